The van der Waals surface area contributed by atoms with Gasteiger partial charge in [-0.05, 0) is 43.9 Å². The molecule has 0 spiro atoms. The maximum absolute atomic E-state index is 12.6. The Labute approximate surface area is 136 Å². The van der Waals surface area contributed by atoms with Crippen molar-refractivity contribution in [3.8, 4) is 6.07 Å². The molecular formula is C19H20N2O2. The number of nitriles is 1. The van der Waals surface area contributed by atoms with Crippen LogP contribution < -0.4 is 5.73 Å². The monoisotopic (exact) mass is 308 g/mol. The number of benzene rings is 1. The zero-order valence-electron chi connectivity index (χ0n) is 13.7. The Balaban J connectivity index is 2.28. The van der Waals surface area contributed by atoms with Crippen molar-refractivity contribution in [1.29, 1.82) is 5.26 Å². The number of nitrogens with zero attached hydrogens (tertiary/aromatic N) is 1. The highest BCUT2D eigenvalue weighted by molar-refractivity contribution is 5.99. The number of ketones is 1. The van der Waals surface area contributed by atoms with E-state index in [1.165, 1.54) is 0 Å². The van der Waals surface area contributed by atoms with Gasteiger partial charge in [0, 0.05) is 18.4 Å². The lowest BCUT2D eigenvalue weighted by atomic mass is 9.75. The zero-order chi connectivity index (χ0) is 16.7. The second kappa shape index (κ2) is 5.58. The number of allylic oxidation sites excluding steroid dienone is 3. The third-order valence-corrected chi connectivity index (χ3v) is 4.63. The lowest BCUT2D eigenvalue weighted by Gasteiger charge is -2.32. The van der Waals surface area contributed by atoms with E-state index in [2.05, 4.69) is 18.2 Å². The van der Waals surface area contributed by atoms with Gasteiger partial charge in [-0.3, -0.25) is 4.79 Å². The molecule has 23 heavy (non-hydrogen) atoms. The third kappa shape index (κ3) is 2.43. The first kappa shape index (κ1) is 15.4. The molecule has 0 amide bonds. The summed E-state index contributed by atoms with van der Waals surface area (Å²) in [4.78, 5) is 12.6. The SMILES string of the molecule is Cc1cc(C)c([C@H]2C(C#N)=C(N)OC3=C2C(=O)CCC3)c(C)c1. The van der Waals surface area contributed by atoms with Crippen molar-refractivity contribution < 1.29 is 9.53 Å². The number of hydrogen-bond donors (Lipinski definition) is 1. The number of carbonyl (C=O) groups is 1. The number of carbonyl (C=O) groups excluding carboxylic acids is 1. The summed E-state index contributed by atoms with van der Waals surface area (Å²) < 4.78 is 5.61. The molecule has 1 aromatic carbocycles. The van der Waals surface area contributed by atoms with Gasteiger partial charge < -0.3 is 10.5 Å². The van der Waals surface area contributed by atoms with E-state index in [4.69, 9.17) is 10.5 Å². The van der Waals surface area contributed by atoms with E-state index in [0.717, 1.165) is 28.7 Å². The summed E-state index contributed by atoms with van der Waals surface area (Å²) in [6.07, 6.45) is 1.97. The van der Waals surface area contributed by atoms with Crippen molar-refractivity contribution in [3.63, 3.8) is 0 Å². The molecule has 1 aliphatic heterocycles. The lowest BCUT2D eigenvalue weighted by Crippen LogP contribution is -2.28. The highest BCUT2D eigenvalue weighted by atomic mass is 16.5. The first-order valence-corrected chi connectivity index (χ1v) is 7.85. The van der Waals surface area contributed by atoms with Crippen LogP contribution in [0, 0.1) is 32.1 Å². The number of nitrogens with two attached hydrogens (primary N) is 1. The summed E-state index contributed by atoms with van der Waals surface area (Å²) in [5, 5.41) is 9.60. The number of ether oxygens (including phenoxy) is 1. The van der Waals surface area contributed by atoms with Gasteiger partial charge in [-0.2, -0.15) is 5.26 Å². The van der Waals surface area contributed by atoms with Gasteiger partial charge in [0.1, 0.15) is 17.4 Å². The smallest absolute Gasteiger partial charge is 0.205 e. The Morgan fingerprint density at radius 3 is 2.48 bits per heavy atom. The maximum Gasteiger partial charge on any atom is 0.205 e. The first-order valence-electron chi connectivity index (χ1n) is 7.85. The molecule has 0 saturated heterocycles. The highest BCUT2D eigenvalue weighted by Crippen LogP contribution is 2.45. The summed E-state index contributed by atoms with van der Waals surface area (Å²) >= 11 is 0. The predicted molar refractivity (Wildman–Crippen MR) is 87.2 cm³/mol. The topological polar surface area (TPSA) is 76.1 Å². The van der Waals surface area contributed by atoms with E-state index in [9.17, 15) is 10.1 Å². The molecule has 1 heterocycles. The third-order valence-electron chi connectivity index (χ3n) is 4.63. The predicted octanol–water partition coefficient (Wildman–Crippen LogP) is 3.43. The minimum atomic E-state index is -0.405. The van der Waals surface area contributed by atoms with Crippen LogP contribution in [-0.2, 0) is 9.53 Å². The molecule has 3 rings (SSSR count). The number of rotatable bonds is 1. The van der Waals surface area contributed by atoms with Crippen molar-refractivity contribution >= 4 is 5.78 Å². The van der Waals surface area contributed by atoms with Gasteiger partial charge in [0.15, 0.2) is 5.78 Å². The van der Waals surface area contributed by atoms with Gasteiger partial charge in [-0.25, -0.2) is 0 Å². The number of Topliss-reactive ketones (excluding diaryl/α,β-unsaturated/α-hetero) is 1. The minimum absolute atomic E-state index is 0.0656. The van der Waals surface area contributed by atoms with Crippen LogP contribution in [0.1, 0.15) is 47.4 Å². The molecule has 4 heteroatoms. The van der Waals surface area contributed by atoms with Crippen molar-refractivity contribution in [2.45, 2.75) is 46.0 Å². The van der Waals surface area contributed by atoms with Gasteiger partial charge in [-0.1, -0.05) is 17.7 Å². The van der Waals surface area contributed by atoms with Crippen LogP contribution in [0.4, 0.5) is 0 Å². The molecule has 0 bridgehead atoms. The van der Waals surface area contributed by atoms with E-state index in [0.29, 0.717) is 29.7 Å². The van der Waals surface area contributed by atoms with Gasteiger partial charge in [0.05, 0.1) is 5.92 Å². The van der Waals surface area contributed by atoms with Gasteiger partial charge in [0.25, 0.3) is 0 Å². The Morgan fingerprint density at radius 2 is 1.87 bits per heavy atom. The summed E-state index contributed by atoms with van der Waals surface area (Å²) in [6.45, 7) is 6.08. The Bertz CT molecular complexity index is 786. The van der Waals surface area contributed by atoms with Gasteiger partial charge in [0.2, 0.25) is 5.88 Å². The molecular weight excluding hydrogens is 288 g/mol. The molecule has 0 aromatic heterocycles. The van der Waals surface area contributed by atoms with Crippen LogP contribution in [0.15, 0.2) is 34.9 Å². The van der Waals surface area contributed by atoms with Crippen LogP contribution in [0.25, 0.3) is 0 Å². The minimum Gasteiger partial charge on any atom is -0.444 e. The van der Waals surface area contributed by atoms with Crippen molar-refractivity contribution in [3.05, 3.63) is 57.2 Å². The number of aryl methyl sites for hydroxylation is 3. The largest absolute Gasteiger partial charge is 0.444 e. The lowest BCUT2D eigenvalue weighted by molar-refractivity contribution is -0.116. The molecule has 1 aromatic rings. The highest BCUT2D eigenvalue weighted by Gasteiger charge is 2.39. The maximum atomic E-state index is 12.6. The fourth-order valence-corrected chi connectivity index (χ4v) is 3.79. The molecule has 2 N–H and O–H groups in total. The van der Waals surface area contributed by atoms with Gasteiger partial charge >= 0.3 is 0 Å². The van der Waals surface area contributed by atoms with Crippen LogP contribution in [0.5, 0.6) is 0 Å². The van der Waals surface area contributed by atoms with Crippen LogP contribution in [0.3, 0.4) is 0 Å². The van der Waals surface area contributed by atoms with Crippen LogP contribution in [0.2, 0.25) is 0 Å². The molecule has 4 nitrogen and oxygen atoms in total. The standard InChI is InChI=1S/C19H20N2O2/c1-10-7-11(2)16(12(3)8-10)17-13(9-20)19(21)23-15-6-4-5-14(22)18(15)17/h7-8,17H,4-6,21H2,1-3H3/t17-/m1/s1. The van der Waals surface area contributed by atoms with E-state index >= 15 is 0 Å². The fraction of sp³-hybridized carbons (Fsp3) is 0.368. The summed E-state index contributed by atoms with van der Waals surface area (Å²) in [5.74, 6) is 0.431. The molecule has 1 atom stereocenters. The fourth-order valence-electron chi connectivity index (χ4n) is 3.79. The van der Waals surface area contributed by atoms with E-state index in [1.807, 2.05) is 20.8 Å². The molecule has 0 fully saturated rings. The first-order chi connectivity index (χ1) is 10.9. The Kier molecular flexibility index (Phi) is 3.73. The van der Waals surface area contributed by atoms with Crippen LogP contribution >= 0.6 is 0 Å². The van der Waals surface area contributed by atoms with Gasteiger partial charge in [-0.15, -0.1) is 0 Å². The molecule has 2 aliphatic rings. The van der Waals surface area contributed by atoms with E-state index in [-0.39, 0.29) is 11.7 Å². The second-order valence-electron chi connectivity index (χ2n) is 6.35. The van der Waals surface area contributed by atoms with Crippen molar-refractivity contribution in [2.75, 3.05) is 0 Å². The normalized spacial score (nSPS) is 21.0. The quantitative estimate of drug-likeness (QED) is 0.862. The Hall–Kier alpha value is -2.54. The zero-order valence-corrected chi connectivity index (χ0v) is 13.7. The average molecular weight is 308 g/mol. The summed E-state index contributed by atoms with van der Waals surface area (Å²) in [7, 11) is 0. The molecule has 118 valence electrons. The molecule has 0 radical (unpaired) electrons. The number of hydrogen-bond acceptors (Lipinski definition) is 4. The van der Waals surface area contributed by atoms with Crippen LogP contribution in [-0.4, -0.2) is 5.78 Å². The van der Waals surface area contributed by atoms with E-state index < -0.39 is 5.92 Å². The molecule has 0 unspecified atom stereocenters. The Morgan fingerprint density at radius 1 is 1.22 bits per heavy atom. The molecule has 1 aliphatic carbocycles. The van der Waals surface area contributed by atoms with Crippen molar-refractivity contribution in [1.82, 2.24) is 0 Å². The summed E-state index contributed by atoms with van der Waals surface area (Å²) in [5.41, 5.74) is 11.3. The summed E-state index contributed by atoms with van der Waals surface area (Å²) in [6, 6.07) is 6.33. The average Bonchev–Trinajstić information content (AvgIpc) is 2.46. The van der Waals surface area contributed by atoms with E-state index in [1.54, 1.807) is 0 Å². The molecule has 0 saturated carbocycles. The van der Waals surface area contributed by atoms with Crippen molar-refractivity contribution in [2.24, 2.45) is 5.73 Å². The second-order valence-corrected chi connectivity index (χ2v) is 6.35.